The Morgan fingerprint density at radius 1 is 1.03 bits per heavy atom. The van der Waals surface area contributed by atoms with Gasteiger partial charge in [0.05, 0.1) is 23.3 Å². The second kappa shape index (κ2) is 8.17. The summed E-state index contributed by atoms with van der Waals surface area (Å²) < 4.78 is 15.7. The summed E-state index contributed by atoms with van der Waals surface area (Å²) in [6.07, 6.45) is 2.02. The molecule has 1 aliphatic rings. The second-order valence-corrected chi connectivity index (χ2v) is 8.34. The normalized spacial score (nSPS) is 15.0. The minimum Gasteiger partial charge on any atom is -0.318 e. The number of para-hydroxylation sites is 1. The van der Waals surface area contributed by atoms with Crippen molar-refractivity contribution in [1.29, 1.82) is 0 Å². The highest BCUT2D eigenvalue weighted by molar-refractivity contribution is 6.31. The van der Waals surface area contributed by atoms with Crippen LogP contribution in [0.3, 0.4) is 0 Å². The van der Waals surface area contributed by atoms with Crippen LogP contribution in [0.2, 0.25) is 5.02 Å². The molecule has 3 aromatic carbocycles. The number of carbonyl (C=O) groups is 1. The lowest BCUT2D eigenvalue weighted by molar-refractivity contribution is 0.194. The molecule has 1 aromatic heterocycles. The first-order valence-electron chi connectivity index (χ1n) is 10.4. The highest BCUT2D eigenvalue weighted by atomic mass is 35.5. The lowest BCUT2D eigenvalue weighted by Crippen LogP contribution is -2.37. The average Bonchev–Trinajstić information content (AvgIpc) is 3.21. The molecule has 0 saturated carbocycles. The predicted molar refractivity (Wildman–Crippen MR) is 125 cm³/mol. The first-order chi connectivity index (χ1) is 15.5. The highest BCUT2D eigenvalue weighted by Crippen LogP contribution is 2.37. The van der Waals surface area contributed by atoms with Crippen LogP contribution in [0.1, 0.15) is 28.4 Å². The number of carbonyl (C=O) groups excluding carboxylic acids is 1. The van der Waals surface area contributed by atoms with Gasteiger partial charge in [-0.05, 0) is 54.4 Å². The standard InChI is InChI=1S/C26H21ClFN3O/c1-17-8-10-18(11-9-17)25-24-7-4-14-30(24)23-6-3-2-5-19(23)16-31(25)26(32)29-20-12-13-22(28)21(27)15-20/h2-15,25H,16H2,1H3,(H,29,32). The van der Waals surface area contributed by atoms with Gasteiger partial charge in [-0.25, -0.2) is 9.18 Å². The molecule has 5 rings (SSSR count). The molecule has 0 bridgehead atoms. The number of nitrogens with one attached hydrogen (secondary N) is 1. The Balaban J connectivity index is 1.61. The van der Waals surface area contributed by atoms with E-state index in [1.165, 1.54) is 18.2 Å². The summed E-state index contributed by atoms with van der Waals surface area (Å²) in [5, 5.41) is 2.86. The summed E-state index contributed by atoms with van der Waals surface area (Å²) in [6.45, 7) is 2.45. The smallest absolute Gasteiger partial charge is 0.318 e. The molecule has 2 heterocycles. The molecule has 1 atom stereocenters. The fourth-order valence-corrected chi connectivity index (χ4v) is 4.39. The van der Waals surface area contributed by atoms with Crippen molar-refractivity contribution in [2.75, 3.05) is 5.32 Å². The van der Waals surface area contributed by atoms with Crippen LogP contribution in [-0.4, -0.2) is 15.5 Å². The lowest BCUT2D eigenvalue weighted by atomic mass is 10.0. The molecule has 2 amide bonds. The topological polar surface area (TPSA) is 37.3 Å². The van der Waals surface area contributed by atoms with E-state index in [1.54, 1.807) is 4.90 Å². The monoisotopic (exact) mass is 445 g/mol. The minimum absolute atomic E-state index is 0.0343. The number of benzene rings is 3. The van der Waals surface area contributed by atoms with Gasteiger partial charge in [-0.15, -0.1) is 0 Å². The van der Waals surface area contributed by atoms with E-state index in [-0.39, 0.29) is 17.1 Å². The van der Waals surface area contributed by atoms with Crippen LogP contribution in [-0.2, 0) is 6.54 Å². The number of urea groups is 1. The average molecular weight is 446 g/mol. The van der Waals surface area contributed by atoms with Crippen LogP contribution >= 0.6 is 11.6 Å². The van der Waals surface area contributed by atoms with Gasteiger partial charge in [-0.1, -0.05) is 59.6 Å². The van der Waals surface area contributed by atoms with Crippen molar-refractivity contribution >= 4 is 23.3 Å². The van der Waals surface area contributed by atoms with Gasteiger partial charge >= 0.3 is 6.03 Å². The fraction of sp³-hybridized carbons (Fsp3) is 0.115. The summed E-state index contributed by atoms with van der Waals surface area (Å²) in [5.41, 5.74) is 5.67. The van der Waals surface area contributed by atoms with Gasteiger partial charge in [0.15, 0.2) is 0 Å². The second-order valence-electron chi connectivity index (χ2n) is 7.93. The number of aryl methyl sites for hydroxylation is 1. The first kappa shape index (κ1) is 20.3. The van der Waals surface area contributed by atoms with Crippen LogP contribution in [0.15, 0.2) is 85.1 Å². The molecule has 160 valence electrons. The molecule has 6 heteroatoms. The maximum Gasteiger partial charge on any atom is 0.322 e. The Morgan fingerprint density at radius 2 is 1.81 bits per heavy atom. The van der Waals surface area contributed by atoms with E-state index in [1.807, 2.05) is 43.5 Å². The molecular weight excluding hydrogens is 425 g/mol. The molecule has 1 aliphatic heterocycles. The first-order valence-corrected chi connectivity index (χ1v) is 10.7. The zero-order chi connectivity index (χ0) is 22.2. The largest absolute Gasteiger partial charge is 0.322 e. The quantitative estimate of drug-likeness (QED) is 0.365. The summed E-state index contributed by atoms with van der Waals surface area (Å²) in [6, 6.07) is 23.9. The van der Waals surface area contributed by atoms with Crippen LogP contribution < -0.4 is 5.32 Å². The number of nitrogens with zero attached hydrogens (tertiary/aromatic N) is 2. The lowest BCUT2D eigenvalue weighted by Gasteiger charge is -2.31. The summed E-state index contributed by atoms with van der Waals surface area (Å²) in [4.78, 5) is 15.4. The zero-order valence-corrected chi connectivity index (χ0v) is 18.2. The van der Waals surface area contributed by atoms with Crippen LogP contribution in [0.25, 0.3) is 5.69 Å². The van der Waals surface area contributed by atoms with Crippen LogP contribution in [0.4, 0.5) is 14.9 Å². The summed E-state index contributed by atoms with van der Waals surface area (Å²) in [5.74, 6) is -0.524. The molecule has 0 spiro atoms. The van der Waals surface area contributed by atoms with Gasteiger partial charge in [0, 0.05) is 17.6 Å². The maximum atomic E-state index is 13.6. The third kappa shape index (κ3) is 3.65. The van der Waals surface area contributed by atoms with Crippen molar-refractivity contribution < 1.29 is 9.18 Å². The maximum absolute atomic E-state index is 13.6. The molecule has 0 fully saturated rings. The molecule has 32 heavy (non-hydrogen) atoms. The van der Waals surface area contributed by atoms with Gasteiger partial charge in [0.25, 0.3) is 0 Å². The molecule has 4 nitrogen and oxygen atoms in total. The number of halogens is 2. The van der Waals surface area contributed by atoms with Gasteiger partial charge in [0.1, 0.15) is 5.82 Å². The van der Waals surface area contributed by atoms with Crippen molar-refractivity contribution in [1.82, 2.24) is 9.47 Å². The number of hydrogen-bond acceptors (Lipinski definition) is 1. The molecule has 4 aromatic rings. The van der Waals surface area contributed by atoms with Crippen molar-refractivity contribution in [2.45, 2.75) is 19.5 Å². The number of anilines is 1. The van der Waals surface area contributed by atoms with E-state index in [4.69, 9.17) is 11.6 Å². The Morgan fingerprint density at radius 3 is 2.59 bits per heavy atom. The number of rotatable bonds is 2. The Kier molecular flexibility index (Phi) is 5.19. The number of hydrogen-bond donors (Lipinski definition) is 1. The van der Waals surface area contributed by atoms with E-state index >= 15 is 0 Å². The third-order valence-electron chi connectivity index (χ3n) is 5.79. The molecule has 0 saturated heterocycles. The van der Waals surface area contributed by atoms with Gasteiger partial charge in [-0.2, -0.15) is 0 Å². The Bertz CT molecular complexity index is 1300. The molecular formula is C26H21ClFN3O. The Labute approximate surface area is 190 Å². The number of amides is 2. The highest BCUT2D eigenvalue weighted by Gasteiger charge is 2.33. The van der Waals surface area contributed by atoms with Crippen molar-refractivity contribution in [3.05, 3.63) is 118 Å². The van der Waals surface area contributed by atoms with Gasteiger partial charge in [-0.3, -0.25) is 0 Å². The number of aromatic nitrogens is 1. The van der Waals surface area contributed by atoms with E-state index in [0.29, 0.717) is 12.2 Å². The van der Waals surface area contributed by atoms with E-state index in [0.717, 1.165) is 28.1 Å². The third-order valence-corrected chi connectivity index (χ3v) is 6.08. The zero-order valence-electron chi connectivity index (χ0n) is 17.4. The van der Waals surface area contributed by atoms with Gasteiger partial charge < -0.3 is 14.8 Å². The number of fused-ring (bicyclic) bond motifs is 3. The molecule has 1 unspecified atom stereocenters. The van der Waals surface area contributed by atoms with Gasteiger partial charge in [0.2, 0.25) is 0 Å². The summed E-state index contributed by atoms with van der Waals surface area (Å²) >= 11 is 5.92. The minimum atomic E-state index is -0.524. The molecule has 0 radical (unpaired) electrons. The fourth-order valence-electron chi connectivity index (χ4n) is 4.21. The molecule has 1 N–H and O–H groups in total. The van der Waals surface area contributed by atoms with Crippen LogP contribution in [0.5, 0.6) is 0 Å². The summed E-state index contributed by atoms with van der Waals surface area (Å²) in [7, 11) is 0. The SMILES string of the molecule is Cc1ccc(C2c3cccn3-c3ccccc3CN2C(=O)Nc2ccc(F)c(Cl)c2)cc1. The van der Waals surface area contributed by atoms with E-state index in [2.05, 4.69) is 40.2 Å². The Hall–Kier alpha value is -3.57. The molecule has 0 aliphatic carbocycles. The predicted octanol–water partition coefficient (Wildman–Crippen LogP) is 6.72. The van der Waals surface area contributed by atoms with E-state index in [9.17, 15) is 9.18 Å². The van der Waals surface area contributed by atoms with E-state index < -0.39 is 5.82 Å². The van der Waals surface area contributed by atoms with Crippen LogP contribution in [0, 0.1) is 12.7 Å². The van der Waals surface area contributed by atoms with Crippen molar-refractivity contribution in [3.8, 4) is 5.69 Å². The van der Waals surface area contributed by atoms with Crippen molar-refractivity contribution in [2.24, 2.45) is 0 Å². The van der Waals surface area contributed by atoms with Crippen molar-refractivity contribution in [3.63, 3.8) is 0 Å².